The van der Waals surface area contributed by atoms with Gasteiger partial charge in [-0.15, -0.1) is 0 Å². The maximum absolute atomic E-state index is 12.2. The van der Waals surface area contributed by atoms with E-state index >= 15 is 0 Å². The van der Waals surface area contributed by atoms with Crippen LogP contribution in [0.2, 0.25) is 0 Å². The number of nitrogens with one attached hydrogen (secondary N) is 1. The van der Waals surface area contributed by atoms with Gasteiger partial charge in [0.25, 0.3) is 0 Å². The van der Waals surface area contributed by atoms with Crippen molar-refractivity contribution in [3.05, 3.63) is 35.9 Å². The van der Waals surface area contributed by atoms with Gasteiger partial charge in [-0.05, 0) is 24.3 Å². The second-order valence-corrected chi connectivity index (χ2v) is 5.78. The zero-order valence-corrected chi connectivity index (χ0v) is 13.2. The highest BCUT2D eigenvalue weighted by Crippen LogP contribution is 2.19. The number of amides is 2. The van der Waals surface area contributed by atoms with Crippen LogP contribution in [-0.4, -0.2) is 43.6 Å². The molecule has 5 heteroatoms. The van der Waals surface area contributed by atoms with Crippen molar-refractivity contribution in [3.63, 3.8) is 0 Å². The third-order valence-electron chi connectivity index (χ3n) is 4.24. The van der Waals surface area contributed by atoms with Gasteiger partial charge in [0, 0.05) is 19.6 Å². The smallest absolute Gasteiger partial charge is 0.317 e. The van der Waals surface area contributed by atoms with Gasteiger partial charge in [-0.1, -0.05) is 37.3 Å². The van der Waals surface area contributed by atoms with Crippen molar-refractivity contribution in [1.82, 2.24) is 10.2 Å². The maximum Gasteiger partial charge on any atom is 0.317 e. The number of likely N-dealkylation sites (tertiary alicyclic amines) is 1. The summed E-state index contributed by atoms with van der Waals surface area (Å²) in [5.41, 5.74) is 1.21. The van der Waals surface area contributed by atoms with E-state index in [1.165, 1.54) is 12.7 Å². The molecule has 1 unspecified atom stereocenters. The van der Waals surface area contributed by atoms with Gasteiger partial charge >= 0.3 is 12.0 Å². The van der Waals surface area contributed by atoms with Crippen molar-refractivity contribution in [2.45, 2.75) is 25.7 Å². The highest BCUT2D eigenvalue weighted by Gasteiger charge is 2.27. The minimum Gasteiger partial charge on any atom is -0.469 e. The summed E-state index contributed by atoms with van der Waals surface area (Å²) in [6.45, 7) is 3.91. The van der Waals surface area contributed by atoms with E-state index in [1.54, 1.807) is 4.90 Å². The molecular formula is C17H24N2O3. The largest absolute Gasteiger partial charge is 0.469 e. The number of piperidine rings is 1. The lowest BCUT2D eigenvalue weighted by atomic mass is 9.97. The Morgan fingerprint density at radius 2 is 1.91 bits per heavy atom. The van der Waals surface area contributed by atoms with E-state index in [2.05, 4.69) is 24.4 Å². The summed E-state index contributed by atoms with van der Waals surface area (Å²) in [6.07, 6.45) is 1.35. The van der Waals surface area contributed by atoms with Crippen LogP contribution in [0, 0.1) is 5.92 Å². The van der Waals surface area contributed by atoms with Crippen molar-refractivity contribution >= 4 is 12.0 Å². The van der Waals surface area contributed by atoms with E-state index in [4.69, 9.17) is 4.74 Å². The predicted molar refractivity (Wildman–Crippen MR) is 84.6 cm³/mol. The lowest BCUT2D eigenvalue weighted by Gasteiger charge is -2.31. The summed E-state index contributed by atoms with van der Waals surface area (Å²) in [6, 6.07) is 10.1. The summed E-state index contributed by atoms with van der Waals surface area (Å²) in [4.78, 5) is 25.4. The summed E-state index contributed by atoms with van der Waals surface area (Å²) in [5, 5.41) is 2.98. The number of ether oxygens (including phenoxy) is 1. The fourth-order valence-electron chi connectivity index (χ4n) is 2.74. The minimum absolute atomic E-state index is 0.0499. The number of esters is 1. The van der Waals surface area contributed by atoms with Crippen LogP contribution >= 0.6 is 0 Å². The Morgan fingerprint density at radius 3 is 2.50 bits per heavy atom. The summed E-state index contributed by atoms with van der Waals surface area (Å²) in [5.74, 6) is 0.0350. The number of carbonyl (C=O) groups excluding carboxylic acids is 2. The second kappa shape index (κ2) is 7.82. The van der Waals surface area contributed by atoms with Crippen molar-refractivity contribution in [2.24, 2.45) is 5.92 Å². The van der Waals surface area contributed by atoms with E-state index in [0.717, 1.165) is 0 Å². The molecule has 120 valence electrons. The van der Waals surface area contributed by atoms with Gasteiger partial charge in [0.1, 0.15) is 0 Å². The van der Waals surface area contributed by atoms with E-state index in [9.17, 15) is 9.59 Å². The molecule has 22 heavy (non-hydrogen) atoms. The Balaban J connectivity index is 1.76. The van der Waals surface area contributed by atoms with Gasteiger partial charge in [-0.3, -0.25) is 4.79 Å². The van der Waals surface area contributed by atoms with Crippen LogP contribution in [0.3, 0.4) is 0 Å². The molecule has 5 nitrogen and oxygen atoms in total. The molecule has 2 rings (SSSR count). The number of benzene rings is 1. The molecule has 1 heterocycles. The molecule has 0 aliphatic carbocycles. The van der Waals surface area contributed by atoms with Crippen LogP contribution in [-0.2, 0) is 9.53 Å². The third-order valence-corrected chi connectivity index (χ3v) is 4.24. The topological polar surface area (TPSA) is 58.6 Å². The number of rotatable bonds is 4. The number of hydrogen-bond donors (Lipinski definition) is 1. The zero-order valence-electron chi connectivity index (χ0n) is 13.2. The molecule has 1 aromatic rings. The second-order valence-electron chi connectivity index (χ2n) is 5.78. The van der Waals surface area contributed by atoms with E-state index in [1.807, 2.05) is 18.2 Å². The normalized spacial score (nSPS) is 16.9. The van der Waals surface area contributed by atoms with Gasteiger partial charge < -0.3 is 15.0 Å². The van der Waals surface area contributed by atoms with Crippen LogP contribution in [0.15, 0.2) is 30.3 Å². The van der Waals surface area contributed by atoms with Crippen molar-refractivity contribution in [1.29, 1.82) is 0 Å². The molecule has 2 amide bonds. The molecule has 0 bridgehead atoms. The third kappa shape index (κ3) is 4.23. The molecule has 0 saturated carbocycles. The molecule has 1 atom stereocenters. The summed E-state index contributed by atoms with van der Waals surface area (Å²) >= 11 is 0. The Hall–Kier alpha value is -2.04. The molecule has 0 radical (unpaired) electrons. The molecule has 1 aromatic carbocycles. The molecule has 1 aliphatic rings. The monoisotopic (exact) mass is 304 g/mol. The van der Waals surface area contributed by atoms with Crippen molar-refractivity contribution in [2.75, 3.05) is 26.7 Å². The minimum atomic E-state index is -0.169. The standard InChI is InChI=1S/C17H24N2O3/c1-13(14-6-4-3-5-7-14)12-18-17(21)19-10-8-15(9-11-19)16(20)22-2/h3-7,13,15H,8-12H2,1-2H3,(H,18,21). The van der Waals surface area contributed by atoms with Gasteiger partial charge in [-0.25, -0.2) is 4.79 Å². The SMILES string of the molecule is COC(=O)C1CCN(C(=O)NCC(C)c2ccccc2)CC1. The zero-order chi connectivity index (χ0) is 15.9. The first-order valence-corrected chi connectivity index (χ1v) is 7.77. The van der Waals surface area contributed by atoms with Gasteiger partial charge in [-0.2, -0.15) is 0 Å². The molecule has 0 aromatic heterocycles. The first-order chi connectivity index (χ1) is 10.6. The average Bonchev–Trinajstić information content (AvgIpc) is 2.59. The number of urea groups is 1. The maximum atomic E-state index is 12.2. The molecule has 1 fully saturated rings. The summed E-state index contributed by atoms with van der Waals surface area (Å²) in [7, 11) is 1.41. The quantitative estimate of drug-likeness (QED) is 0.869. The summed E-state index contributed by atoms with van der Waals surface area (Å²) < 4.78 is 4.76. The number of nitrogens with zero attached hydrogens (tertiary/aromatic N) is 1. The Kier molecular flexibility index (Phi) is 5.81. The fraction of sp³-hybridized carbons (Fsp3) is 0.529. The first kappa shape index (κ1) is 16.3. The molecule has 1 saturated heterocycles. The molecule has 1 N–H and O–H groups in total. The van der Waals surface area contributed by atoms with E-state index in [0.29, 0.717) is 32.5 Å². The number of carbonyl (C=O) groups is 2. The molecule has 0 spiro atoms. The van der Waals surface area contributed by atoms with E-state index < -0.39 is 0 Å². The molecule has 1 aliphatic heterocycles. The van der Waals surface area contributed by atoms with Gasteiger partial charge in [0.15, 0.2) is 0 Å². The Labute approximate surface area is 131 Å². The van der Waals surface area contributed by atoms with E-state index in [-0.39, 0.29) is 23.8 Å². The molecular weight excluding hydrogens is 280 g/mol. The fourth-order valence-corrected chi connectivity index (χ4v) is 2.74. The van der Waals surface area contributed by atoms with Crippen LogP contribution in [0.4, 0.5) is 4.79 Å². The Morgan fingerprint density at radius 1 is 1.27 bits per heavy atom. The van der Waals surface area contributed by atoms with Crippen LogP contribution in [0.1, 0.15) is 31.2 Å². The highest BCUT2D eigenvalue weighted by atomic mass is 16.5. The van der Waals surface area contributed by atoms with Crippen LogP contribution in [0.5, 0.6) is 0 Å². The van der Waals surface area contributed by atoms with Crippen molar-refractivity contribution < 1.29 is 14.3 Å². The van der Waals surface area contributed by atoms with Crippen molar-refractivity contribution in [3.8, 4) is 0 Å². The number of methoxy groups -OCH3 is 1. The average molecular weight is 304 g/mol. The first-order valence-electron chi connectivity index (χ1n) is 7.77. The number of hydrogen-bond acceptors (Lipinski definition) is 3. The van der Waals surface area contributed by atoms with Crippen LogP contribution in [0.25, 0.3) is 0 Å². The predicted octanol–water partition coefficient (Wildman–Crippen LogP) is 2.38. The van der Waals surface area contributed by atoms with Gasteiger partial charge in [0.05, 0.1) is 13.0 Å². The lowest BCUT2D eigenvalue weighted by molar-refractivity contribution is -0.146. The Bertz CT molecular complexity index is 496. The van der Waals surface area contributed by atoms with Crippen LogP contribution < -0.4 is 5.32 Å². The van der Waals surface area contributed by atoms with Gasteiger partial charge in [0.2, 0.25) is 0 Å². The highest BCUT2D eigenvalue weighted by molar-refractivity contribution is 5.76. The lowest BCUT2D eigenvalue weighted by Crippen LogP contribution is -2.46.